The van der Waals surface area contributed by atoms with Crippen LogP contribution in [0.2, 0.25) is 0 Å². The molecule has 1 fully saturated rings. The van der Waals surface area contributed by atoms with Crippen LogP contribution in [0.3, 0.4) is 0 Å². The van der Waals surface area contributed by atoms with Crippen LogP contribution in [0.1, 0.15) is 12.0 Å². The molecular formula is C11H13NO2. The Balaban J connectivity index is 1.73. The highest BCUT2D eigenvalue weighted by Gasteiger charge is 2.25. The largest absolute Gasteiger partial charge is 0.373 e. The van der Waals surface area contributed by atoms with Crippen LogP contribution in [0.25, 0.3) is 0 Å². The Labute approximate surface area is 83.1 Å². The molecule has 3 nitrogen and oxygen atoms in total. The molecule has 0 aromatic heterocycles. The van der Waals surface area contributed by atoms with Gasteiger partial charge in [0.05, 0.1) is 19.1 Å². The van der Waals surface area contributed by atoms with Crippen molar-refractivity contribution in [3.05, 3.63) is 35.9 Å². The van der Waals surface area contributed by atoms with Gasteiger partial charge in [-0.05, 0) is 5.56 Å². The van der Waals surface area contributed by atoms with E-state index in [1.54, 1.807) is 0 Å². The Morgan fingerprint density at radius 3 is 2.79 bits per heavy atom. The van der Waals surface area contributed by atoms with Crippen molar-refractivity contribution < 1.29 is 9.53 Å². The summed E-state index contributed by atoms with van der Waals surface area (Å²) in [5.74, 6) is 0.0661. The highest BCUT2D eigenvalue weighted by atomic mass is 16.6. The first-order chi connectivity index (χ1) is 6.84. The third-order valence-electron chi connectivity index (χ3n) is 2.15. The van der Waals surface area contributed by atoms with Crippen LogP contribution >= 0.6 is 0 Å². The van der Waals surface area contributed by atoms with Crippen molar-refractivity contribution in [1.82, 2.24) is 5.32 Å². The summed E-state index contributed by atoms with van der Waals surface area (Å²) in [7, 11) is 0. The lowest BCUT2D eigenvalue weighted by Crippen LogP contribution is -2.23. The second kappa shape index (κ2) is 4.24. The molecule has 1 aliphatic heterocycles. The fourth-order valence-corrected chi connectivity index (χ4v) is 1.26. The number of carbonyl (C=O) groups excluding carboxylic acids is 1. The van der Waals surface area contributed by atoms with Gasteiger partial charge in [-0.3, -0.25) is 4.79 Å². The van der Waals surface area contributed by atoms with Crippen molar-refractivity contribution >= 4 is 5.91 Å². The molecule has 1 aromatic carbocycles. The van der Waals surface area contributed by atoms with Gasteiger partial charge in [0.25, 0.3) is 0 Å². The molecule has 1 aromatic rings. The summed E-state index contributed by atoms with van der Waals surface area (Å²) in [5.41, 5.74) is 1.12. The quantitative estimate of drug-likeness (QED) is 0.724. The Morgan fingerprint density at radius 1 is 1.43 bits per heavy atom. The third-order valence-corrected chi connectivity index (χ3v) is 2.15. The Morgan fingerprint density at radius 2 is 2.14 bits per heavy atom. The minimum absolute atomic E-state index is 0.0661. The predicted molar refractivity (Wildman–Crippen MR) is 52.6 cm³/mol. The third kappa shape index (κ3) is 2.85. The average molecular weight is 191 g/mol. The maximum atomic E-state index is 11.3. The minimum Gasteiger partial charge on any atom is -0.373 e. The second-order valence-electron chi connectivity index (χ2n) is 3.42. The van der Waals surface area contributed by atoms with E-state index in [0.29, 0.717) is 13.0 Å². The first-order valence-corrected chi connectivity index (χ1v) is 4.77. The van der Waals surface area contributed by atoms with Gasteiger partial charge in [-0.25, -0.2) is 0 Å². The van der Waals surface area contributed by atoms with E-state index >= 15 is 0 Å². The van der Waals surface area contributed by atoms with Gasteiger partial charge in [0.1, 0.15) is 0 Å². The summed E-state index contributed by atoms with van der Waals surface area (Å²) in [6.07, 6.45) is 0.665. The molecule has 74 valence electrons. The molecule has 0 radical (unpaired) electrons. The zero-order valence-corrected chi connectivity index (χ0v) is 7.90. The van der Waals surface area contributed by atoms with Gasteiger partial charge >= 0.3 is 0 Å². The maximum Gasteiger partial charge on any atom is 0.222 e. The molecule has 0 unspecified atom stereocenters. The summed E-state index contributed by atoms with van der Waals surface area (Å²) in [6, 6.07) is 9.88. The van der Waals surface area contributed by atoms with E-state index in [0.717, 1.165) is 12.2 Å². The zero-order valence-electron chi connectivity index (χ0n) is 7.90. The van der Waals surface area contributed by atoms with Crippen molar-refractivity contribution in [3.63, 3.8) is 0 Å². The number of hydrogen-bond donors (Lipinski definition) is 1. The Hall–Kier alpha value is -1.35. The predicted octanol–water partition coefficient (Wildman–Crippen LogP) is 1.09. The first kappa shape index (κ1) is 9.21. The van der Waals surface area contributed by atoms with Gasteiger partial charge in [-0.15, -0.1) is 0 Å². The van der Waals surface area contributed by atoms with E-state index in [4.69, 9.17) is 4.74 Å². The topological polar surface area (TPSA) is 41.6 Å². The van der Waals surface area contributed by atoms with Crippen molar-refractivity contribution in [2.24, 2.45) is 0 Å². The van der Waals surface area contributed by atoms with Gasteiger partial charge in [-0.1, -0.05) is 30.3 Å². The van der Waals surface area contributed by atoms with Crippen LogP contribution in [-0.2, 0) is 16.1 Å². The molecule has 1 saturated heterocycles. The maximum absolute atomic E-state index is 11.3. The van der Waals surface area contributed by atoms with E-state index < -0.39 is 0 Å². The summed E-state index contributed by atoms with van der Waals surface area (Å²) < 4.78 is 4.97. The lowest BCUT2D eigenvalue weighted by Gasteiger charge is -2.03. The van der Waals surface area contributed by atoms with E-state index in [2.05, 4.69) is 5.32 Å². The van der Waals surface area contributed by atoms with Crippen LogP contribution in [0.15, 0.2) is 30.3 Å². The molecule has 0 spiro atoms. The monoisotopic (exact) mass is 191 g/mol. The summed E-state index contributed by atoms with van der Waals surface area (Å²) in [6.45, 7) is 1.34. The normalized spacial score (nSPS) is 19.0. The van der Waals surface area contributed by atoms with Crippen molar-refractivity contribution in [2.75, 3.05) is 6.61 Å². The van der Waals surface area contributed by atoms with Crippen LogP contribution in [0.5, 0.6) is 0 Å². The average Bonchev–Trinajstić information content (AvgIpc) is 3.00. The molecule has 1 heterocycles. The van der Waals surface area contributed by atoms with Crippen LogP contribution < -0.4 is 5.32 Å². The van der Waals surface area contributed by atoms with E-state index in [9.17, 15) is 4.79 Å². The zero-order chi connectivity index (χ0) is 9.80. The van der Waals surface area contributed by atoms with E-state index in [1.165, 1.54) is 0 Å². The second-order valence-corrected chi connectivity index (χ2v) is 3.42. The van der Waals surface area contributed by atoms with Gasteiger partial charge in [0.2, 0.25) is 5.91 Å². The number of carbonyl (C=O) groups is 1. The summed E-state index contributed by atoms with van der Waals surface area (Å²) >= 11 is 0. The smallest absolute Gasteiger partial charge is 0.222 e. The molecule has 14 heavy (non-hydrogen) atoms. The molecule has 2 rings (SSSR count). The highest BCUT2D eigenvalue weighted by molar-refractivity contribution is 5.76. The molecule has 1 atom stereocenters. The standard InChI is InChI=1S/C11H13NO2/c13-11(6-10-8-14-10)12-7-9-4-2-1-3-5-9/h1-5,10H,6-8H2,(H,12,13)/t10-/m0/s1. The van der Waals surface area contributed by atoms with Gasteiger partial charge in [0, 0.05) is 6.54 Å². The molecule has 3 heteroatoms. The van der Waals surface area contributed by atoms with Crippen LogP contribution in [0, 0.1) is 0 Å². The minimum atomic E-state index is 0.0661. The van der Waals surface area contributed by atoms with E-state index in [1.807, 2.05) is 30.3 Å². The van der Waals surface area contributed by atoms with Crippen molar-refractivity contribution in [1.29, 1.82) is 0 Å². The molecule has 0 saturated carbocycles. The van der Waals surface area contributed by atoms with Crippen molar-refractivity contribution in [3.8, 4) is 0 Å². The first-order valence-electron chi connectivity index (χ1n) is 4.77. The molecule has 1 N–H and O–H groups in total. The van der Waals surface area contributed by atoms with Gasteiger partial charge in [-0.2, -0.15) is 0 Å². The number of amides is 1. The Kier molecular flexibility index (Phi) is 2.79. The van der Waals surface area contributed by atoms with Gasteiger partial charge in [0.15, 0.2) is 0 Å². The lowest BCUT2D eigenvalue weighted by molar-refractivity contribution is -0.121. The number of ether oxygens (including phenoxy) is 1. The number of rotatable bonds is 4. The SMILES string of the molecule is O=C(C[C@H]1CO1)NCc1ccccc1. The fourth-order valence-electron chi connectivity index (χ4n) is 1.26. The number of epoxide rings is 1. The van der Waals surface area contributed by atoms with Crippen molar-refractivity contribution in [2.45, 2.75) is 19.1 Å². The number of hydrogen-bond acceptors (Lipinski definition) is 2. The lowest BCUT2D eigenvalue weighted by atomic mass is 10.2. The Bertz CT molecular complexity index is 306. The molecule has 0 aliphatic carbocycles. The number of nitrogens with one attached hydrogen (secondary N) is 1. The summed E-state index contributed by atoms with van der Waals surface area (Å²) in [4.78, 5) is 11.3. The number of benzene rings is 1. The molecule has 0 bridgehead atoms. The highest BCUT2D eigenvalue weighted by Crippen LogP contribution is 2.12. The van der Waals surface area contributed by atoms with Crippen LogP contribution in [-0.4, -0.2) is 18.6 Å². The van der Waals surface area contributed by atoms with E-state index in [-0.39, 0.29) is 12.0 Å². The van der Waals surface area contributed by atoms with Gasteiger partial charge < -0.3 is 10.1 Å². The van der Waals surface area contributed by atoms with Crippen LogP contribution in [0.4, 0.5) is 0 Å². The molecule has 1 aliphatic rings. The molecular weight excluding hydrogens is 178 g/mol. The summed E-state index contributed by atoms with van der Waals surface area (Å²) in [5, 5.41) is 2.85. The fraction of sp³-hybridized carbons (Fsp3) is 0.364. The molecule has 1 amide bonds.